The number of carbonyl (C=O) groups excluding carboxylic acids is 1. The molecule has 0 radical (unpaired) electrons. The maximum atomic E-state index is 14.3. The van der Waals surface area contributed by atoms with E-state index in [-0.39, 0.29) is 5.56 Å². The number of aromatic nitrogens is 2. The average molecular weight is 366 g/mol. The maximum absolute atomic E-state index is 14.3. The van der Waals surface area contributed by atoms with Crippen LogP contribution in [0.4, 0.5) is 15.8 Å². The van der Waals surface area contributed by atoms with Gasteiger partial charge in [-0.05, 0) is 56.2 Å². The highest BCUT2D eigenvalue weighted by Gasteiger charge is 2.17. The molecule has 0 bridgehead atoms. The summed E-state index contributed by atoms with van der Waals surface area (Å²) in [7, 11) is 3.64. The third-order valence-electron chi connectivity index (χ3n) is 4.56. The lowest BCUT2D eigenvalue weighted by molar-refractivity contribution is 0.102. The van der Waals surface area contributed by atoms with Crippen LogP contribution in [0.3, 0.4) is 0 Å². The maximum Gasteiger partial charge on any atom is 0.258 e. The van der Waals surface area contributed by atoms with Gasteiger partial charge in [0.2, 0.25) is 0 Å². The summed E-state index contributed by atoms with van der Waals surface area (Å²) >= 11 is 0. The topological polar surface area (TPSA) is 50.2 Å². The van der Waals surface area contributed by atoms with Crippen molar-refractivity contribution in [3.63, 3.8) is 0 Å². The first-order valence-electron chi connectivity index (χ1n) is 8.68. The number of aryl methyl sites for hydroxylation is 2. The molecule has 140 valence electrons. The van der Waals surface area contributed by atoms with Gasteiger partial charge in [0, 0.05) is 19.8 Å². The van der Waals surface area contributed by atoms with Crippen LogP contribution in [0.2, 0.25) is 0 Å². The van der Waals surface area contributed by atoms with Crippen molar-refractivity contribution < 1.29 is 9.18 Å². The van der Waals surface area contributed by atoms with E-state index in [1.54, 1.807) is 21.8 Å². The monoisotopic (exact) mass is 366 g/mol. The Balaban J connectivity index is 1.88. The van der Waals surface area contributed by atoms with E-state index in [1.807, 2.05) is 53.1 Å². The van der Waals surface area contributed by atoms with E-state index >= 15 is 0 Å². The zero-order valence-corrected chi connectivity index (χ0v) is 16.2. The molecule has 1 N–H and O–H groups in total. The smallest absolute Gasteiger partial charge is 0.258 e. The largest absolute Gasteiger partial charge is 0.378 e. The van der Waals surface area contributed by atoms with Crippen LogP contribution in [0.15, 0.2) is 42.6 Å². The Morgan fingerprint density at radius 1 is 1.11 bits per heavy atom. The summed E-state index contributed by atoms with van der Waals surface area (Å²) in [5.41, 5.74) is 5.19. The lowest BCUT2D eigenvalue weighted by Crippen LogP contribution is -2.16. The first-order valence-corrected chi connectivity index (χ1v) is 8.68. The minimum atomic E-state index is -0.557. The number of nitrogens with one attached hydrogen (secondary N) is 1. The Bertz CT molecular complexity index is 1010. The number of nitrogens with zero attached hydrogens (tertiary/aromatic N) is 3. The number of carbonyl (C=O) groups is 1. The molecule has 5 nitrogen and oxygen atoms in total. The summed E-state index contributed by atoms with van der Waals surface area (Å²) in [6.07, 6.45) is 1.58. The van der Waals surface area contributed by atoms with Crippen molar-refractivity contribution in [2.75, 3.05) is 24.3 Å². The number of rotatable bonds is 4. The van der Waals surface area contributed by atoms with Crippen LogP contribution in [0, 0.1) is 26.6 Å². The van der Waals surface area contributed by atoms with Gasteiger partial charge in [-0.15, -0.1) is 0 Å². The van der Waals surface area contributed by atoms with Crippen molar-refractivity contribution in [2.45, 2.75) is 20.8 Å². The molecule has 1 amide bonds. The van der Waals surface area contributed by atoms with E-state index in [9.17, 15) is 9.18 Å². The molecule has 0 aliphatic heterocycles. The fraction of sp³-hybridized carbons (Fsp3) is 0.238. The normalized spacial score (nSPS) is 10.7. The Labute approximate surface area is 158 Å². The quantitative estimate of drug-likeness (QED) is 0.751. The highest BCUT2D eigenvalue weighted by atomic mass is 19.1. The van der Waals surface area contributed by atoms with Gasteiger partial charge in [-0.1, -0.05) is 12.1 Å². The average Bonchev–Trinajstić information content (AvgIpc) is 2.97. The molecule has 27 heavy (non-hydrogen) atoms. The van der Waals surface area contributed by atoms with Gasteiger partial charge in [0.1, 0.15) is 5.82 Å². The third-order valence-corrected chi connectivity index (χ3v) is 4.56. The number of hydrogen-bond acceptors (Lipinski definition) is 3. The molecular formula is C21H23FN4O. The van der Waals surface area contributed by atoms with Crippen molar-refractivity contribution in [1.29, 1.82) is 0 Å². The van der Waals surface area contributed by atoms with Crippen LogP contribution < -0.4 is 10.2 Å². The molecule has 0 saturated carbocycles. The predicted molar refractivity (Wildman–Crippen MR) is 106 cm³/mol. The third kappa shape index (κ3) is 3.69. The van der Waals surface area contributed by atoms with Gasteiger partial charge in [0.15, 0.2) is 0 Å². The fourth-order valence-electron chi connectivity index (χ4n) is 2.88. The van der Waals surface area contributed by atoms with Crippen LogP contribution in [0.25, 0.3) is 5.69 Å². The molecule has 0 unspecified atom stereocenters. The summed E-state index contributed by atoms with van der Waals surface area (Å²) in [4.78, 5) is 14.3. The zero-order valence-electron chi connectivity index (χ0n) is 16.2. The Morgan fingerprint density at radius 3 is 2.52 bits per heavy atom. The van der Waals surface area contributed by atoms with E-state index < -0.39 is 11.7 Å². The number of amides is 1. The minimum Gasteiger partial charge on any atom is -0.378 e. The lowest BCUT2D eigenvalue weighted by Gasteiger charge is -2.13. The molecule has 2 aromatic carbocycles. The minimum absolute atomic E-state index is 0.000476. The highest BCUT2D eigenvalue weighted by Crippen LogP contribution is 2.23. The zero-order chi connectivity index (χ0) is 19.7. The highest BCUT2D eigenvalue weighted by molar-refractivity contribution is 6.04. The van der Waals surface area contributed by atoms with E-state index in [0.29, 0.717) is 11.4 Å². The van der Waals surface area contributed by atoms with E-state index in [2.05, 4.69) is 10.4 Å². The van der Waals surface area contributed by atoms with Gasteiger partial charge >= 0.3 is 0 Å². The van der Waals surface area contributed by atoms with Crippen LogP contribution >= 0.6 is 0 Å². The van der Waals surface area contributed by atoms with E-state index in [4.69, 9.17) is 0 Å². The number of anilines is 2. The number of benzene rings is 2. The Hall–Kier alpha value is -3.15. The Morgan fingerprint density at radius 2 is 1.85 bits per heavy atom. The lowest BCUT2D eigenvalue weighted by atomic mass is 10.1. The number of hydrogen-bond donors (Lipinski definition) is 1. The van der Waals surface area contributed by atoms with Crippen molar-refractivity contribution in [2.24, 2.45) is 0 Å². The summed E-state index contributed by atoms with van der Waals surface area (Å²) in [6, 6.07) is 10.7. The second kappa shape index (κ2) is 7.23. The van der Waals surface area contributed by atoms with Crippen LogP contribution in [-0.2, 0) is 0 Å². The Kier molecular flexibility index (Phi) is 4.99. The first-order chi connectivity index (χ1) is 12.8. The SMILES string of the molecule is Cc1ccc(C)c(-n2ncc(NC(=O)c3ccc(N(C)C)cc3F)c2C)c1. The van der Waals surface area contributed by atoms with Gasteiger partial charge in [-0.25, -0.2) is 9.07 Å². The van der Waals surface area contributed by atoms with Crippen LogP contribution in [0.5, 0.6) is 0 Å². The van der Waals surface area contributed by atoms with Crippen molar-refractivity contribution >= 4 is 17.3 Å². The standard InChI is InChI=1S/C21H23FN4O/c1-13-6-7-14(2)20(10-13)26-15(3)19(12-23-26)24-21(27)17-9-8-16(25(4)5)11-18(17)22/h6-12H,1-5H3,(H,24,27). The second-order valence-corrected chi connectivity index (χ2v) is 6.86. The molecular weight excluding hydrogens is 343 g/mol. The molecule has 3 aromatic rings. The summed E-state index contributed by atoms with van der Waals surface area (Å²) < 4.78 is 16.1. The van der Waals surface area contributed by atoms with Crippen molar-refractivity contribution in [1.82, 2.24) is 9.78 Å². The molecule has 1 heterocycles. The molecule has 1 aromatic heterocycles. The van der Waals surface area contributed by atoms with Gasteiger partial charge in [-0.3, -0.25) is 4.79 Å². The molecule has 0 atom stereocenters. The van der Waals surface area contributed by atoms with Crippen molar-refractivity contribution in [3.8, 4) is 5.69 Å². The number of halogens is 1. The van der Waals surface area contributed by atoms with Gasteiger partial charge < -0.3 is 10.2 Å². The van der Waals surface area contributed by atoms with Gasteiger partial charge in [0.05, 0.1) is 28.8 Å². The van der Waals surface area contributed by atoms with Crippen LogP contribution in [0.1, 0.15) is 27.2 Å². The summed E-state index contributed by atoms with van der Waals surface area (Å²) in [5.74, 6) is -1.06. The molecule has 0 saturated heterocycles. The summed E-state index contributed by atoms with van der Waals surface area (Å²) in [5, 5.41) is 7.16. The fourth-order valence-corrected chi connectivity index (χ4v) is 2.88. The molecule has 3 rings (SSSR count). The van der Waals surface area contributed by atoms with Gasteiger partial charge in [-0.2, -0.15) is 5.10 Å². The molecule has 6 heteroatoms. The van der Waals surface area contributed by atoms with Crippen molar-refractivity contribution in [3.05, 3.63) is 70.8 Å². The van der Waals surface area contributed by atoms with Gasteiger partial charge in [0.25, 0.3) is 5.91 Å². The van der Waals surface area contributed by atoms with Crippen LogP contribution in [-0.4, -0.2) is 29.8 Å². The molecule has 0 spiro atoms. The second-order valence-electron chi connectivity index (χ2n) is 6.86. The predicted octanol–water partition coefficient (Wildman–Crippen LogP) is 4.25. The van der Waals surface area contributed by atoms with E-state index in [1.165, 1.54) is 12.1 Å². The molecule has 0 fully saturated rings. The first kappa shape index (κ1) is 18.6. The van der Waals surface area contributed by atoms with E-state index in [0.717, 1.165) is 22.5 Å². The molecule has 0 aliphatic carbocycles. The summed E-state index contributed by atoms with van der Waals surface area (Å²) in [6.45, 7) is 5.90. The molecule has 0 aliphatic rings.